The SMILES string of the molecule is COC1CC(OC2CCC3(C)C(CCC4C3CCC3(C)C(C5=CC(=O)OC5)C(O)CC43O)C2)OC(C)C1O. The topological polar surface area (TPSA) is 115 Å². The molecule has 0 bridgehead atoms. The molecule has 2 heterocycles. The van der Waals surface area contributed by atoms with Gasteiger partial charge in [0, 0.05) is 37.4 Å². The van der Waals surface area contributed by atoms with Gasteiger partial charge in [0.1, 0.15) is 12.7 Å². The lowest BCUT2D eigenvalue weighted by Crippen LogP contribution is -2.62. The molecule has 38 heavy (non-hydrogen) atoms. The third kappa shape index (κ3) is 3.96. The molecule has 8 nitrogen and oxygen atoms in total. The molecule has 8 heteroatoms. The van der Waals surface area contributed by atoms with Gasteiger partial charge in [-0.2, -0.15) is 0 Å². The van der Waals surface area contributed by atoms with Crippen LogP contribution in [0.4, 0.5) is 0 Å². The highest BCUT2D eigenvalue weighted by Crippen LogP contribution is 2.70. The van der Waals surface area contributed by atoms with E-state index < -0.39 is 23.2 Å². The third-order valence-electron chi connectivity index (χ3n) is 12.2. The largest absolute Gasteiger partial charge is 0.458 e. The van der Waals surface area contributed by atoms with Crippen LogP contribution in [0.3, 0.4) is 0 Å². The van der Waals surface area contributed by atoms with Crippen LogP contribution in [-0.2, 0) is 23.7 Å². The van der Waals surface area contributed by atoms with E-state index in [9.17, 15) is 20.1 Å². The van der Waals surface area contributed by atoms with Gasteiger partial charge >= 0.3 is 5.97 Å². The minimum Gasteiger partial charge on any atom is -0.458 e. The van der Waals surface area contributed by atoms with Crippen molar-refractivity contribution in [1.82, 2.24) is 0 Å². The molecule has 2 aliphatic heterocycles. The lowest BCUT2D eigenvalue weighted by atomic mass is 9.43. The van der Waals surface area contributed by atoms with Crippen LogP contribution in [0.1, 0.15) is 78.6 Å². The molecule has 0 radical (unpaired) electrons. The van der Waals surface area contributed by atoms with Gasteiger partial charge in [-0.05, 0) is 80.6 Å². The fraction of sp³-hybridized carbons (Fsp3) is 0.900. The van der Waals surface area contributed by atoms with Crippen molar-refractivity contribution < 1.29 is 39.1 Å². The first-order chi connectivity index (χ1) is 18.0. The van der Waals surface area contributed by atoms with Crippen LogP contribution in [0.15, 0.2) is 11.6 Å². The molecule has 214 valence electrons. The summed E-state index contributed by atoms with van der Waals surface area (Å²) in [4.78, 5) is 11.8. The molecule has 0 aromatic rings. The molecular weight excluding hydrogens is 488 g/mol. The molecular formula is C30H46O8. The summed E-state index contributed by atoms with van der Waals surface area (Å²) in [5, 5.41) is 33.9. The Morgan fingerprint density at radius 3 is 2.55 bits per heavy atom. The summed E-state index contributed by atoms with van der Waals surface area (Å²) < 4.78 is 23.1. The molecule has 6 aliphatic rings. The van der Waals surface area contributed by atoms with Crippen LogP contribution in [0.25, 0.3) is 0 Å². The highest BCUT2D eigenvalue weighted by molar-refractivity contribution is 5.85. The zero-order chi connectivity index (χ0) is 27.0. The van der Waals surface area contributed by atoms with E-state index in [0.717, 1.165) is 50.5 Å². The first-order valence-electron chi connectivity index (χ1n) is 14.8. The Kier molecular flexibility index (Phi) is 6.80. The van der Waals surface area contributed by atoms with Gasteiger partial charge < -0.3 is 34.3 Å². The maximum Gasteiger partial charge on any atom is 0.331 e. The van der Waals surface area contributed by atoms with Crippen molar-refractivity contribution in [3.05, 3.63) is 11.6 Å². The average Bonchev–Trinajstić information content (AvgIpc) is 3.37. The number of hydrogen-bond donors (Lipinski definition) is 3. The van der Waals surface area contributed by atoms with Crippen molar-refractivity contribution in [2.45, 2.75) is 121 Å². The highest BCUT2D eigenvalue weighted by atomic mass is 16.7. The minimum atomic E-state index is -0.949. The van der Waals surface area contributed by atoms with Gasteiger partial charge in [0.25, 0.3) is 0 Å². The maximum absolute atomic E-state index is 12.4. The van der Waals surface area contributed by atoms with E-state index in [4.69, 9.17) is 18.9 Å². The number of aliphatic hydroxyl groups is 3. The number of carbonyl (C=O) groups excluding carboxylic acids is 1. The Labute approximate surface area is 226 Å². The number of aliphatic hydroxyl groups excluding tert-OH is 2. The number of hydrogen-bond acceptors (Lipinski definition) is 8. The smallest absolute Gasteiger partial charge is 0.331 e. The molecule has 5 fully saturated rings. The lowest BCUT2D eigenvalue weighted by Gasteiger charge is -2.63. The van der Waals surface area contributed by atoms with Crippen molar-refractivity contribution in [2.75, 3.05) is 13.7 Å². The third-order valence-corrected chi connectivity index (χ3v) is 12.2. The monoisotopic (exact) mass is 534 g/mol. The van der Waals surface area contributed by atoms with Crippen LogP contribution in [0, 0.1) is 34.5 Å². The van der Waals surface area contributed by atoms with Crippen molar-refractivity contribution >= 4 is 5.97 Å². The van der Waals surface area contributed by atoms with Crippen molar-refractivity contribution in [1.29, 1.82) is 0 Å². The van der Waals surface area contributed by atoms with E-state index in [1.54, 1.807) is 13.2 Å². The van der Waals surface area contributed by atoms with Gasteiger partial charge in [0.15, 0.2) is 6.29 Å². The number of fused-ring (bicyclic) bond motifs is 5. The quantitative estimate of drug-likeness (QED) is 0.372. The molecule has 0 aromatic heterocycles. The number of cyclic esters (lactones) is 1. The Morgan fingerprint density at radius 1 is 1.05 bits per heavy atom. The fourth-order valence-corrected chi connectivity index (χ4v) is 10.1. The summed E-state index contributed by atoms with van der Waals surface area (Å²) in [5.74, 6) is 0.493. The summed E-state index contributed by atoms with van der Waals surface area (Å²) >= 11 is 0. The van der Waals surface area contributed by atoms with Gasteiger partial charge in [0.2, 0.25) is 0 Å². The van der Waals surface area contributed by atoms with E-state index in [2.05, 4.69) is 13.8 Å². The molecule has 13 atom stereocenters. The Morgan fingerprint density at radius 2 is 1.84 bits per heavy atom. The van der Waals surface area contributed by atoms with E-state index >= 15 is 0 Å². The van der Waals surface area contributed by atoms with E-state index in [0.29, 0.717) is 24.7 Å². The summed E-state index contributed by atoms with van der Waals surface area (Å²) in [7, 11) is 1.63. The predicted octanol–water partition coefficient (Wildman–Crippen LogP) is 3.11. The highest BCUT2D eigenvalue weighted by Gasteiger charge is 2.70. The standard InChI is InChI=1S/C30H46O8/c1-16-27(33)23(35-4)13-25(37-16)38-19-7-9-28(2)18(12-19)5-6-21-20(28)8-10-29(3)26(17-11-24(32)36-15-17)22(31)14-30(21,29)34/h11,16,18-23,25-27,31,33-34H,5-10,12-15H2,1-4H3. The molecule has 13 unspecified atom stereocenters. The summed E-state index contributed by atoms with van der Waals surface area (Å²) in [6.45, 7) is 6.67. The molecule has 1 saturated heterocycles. The molecule has 3 N–H and O–H groups in total. The van der Waals surface area contributed by atoms with Crippen LogP contribution in [-0.4, -0.2) is 77.4 Å². The van der Waals surface area contributed by atoms with Gasteiger partial charge in [-0.3, -0.25) is 0 Å². The first kappa shape index (κ1) is 27.2. The van der Waals surface area contributed by atoms with Gasteiger partial charge in [0.05, 0.1) is 30.0 Å². The Bertz CT molecular complexity index is 968. The second-order valence-electron chi connectivity index (χ2n) is 13.8. The van der Waals surface area contributed by atoms with E-state index in [1.165, 1.54) is 0 Å². The zero-order valence-corrected chi connectivity index (χ0v) is 23.3. The molecule has 0 aromatic carbocycles. The van der Waals surface area contributed by atoms with Gasteiger partial charge in [-0.15, -0.1) is 0 Å². The predicted molar refractivity (Wildman–Crippen MR) is 138 cm³/mol. The molecule has 4 saturated carbocycles. The van der Waals surface area contributed by atoms with Crippen molar-refractivity contribution in [3.8, 4) is 0 Å². The van der Waals surface area contributed by atoms with Crippen molar-refractivity contribution in [2.24, 2.45) is 34.5 Å². The number of carbonyl (C=O) groups is 1. The molecule has 0 spiro atoms. The van der Waals surface area contributed by atoms with Gasteiger partial charge in [-0.1, -0.05) is 13.8 Å². The van der Waals surface area contributed by atoms with Gasteiger partial charge in [-0.25, -0.2) is 4.79 Å². The Hall–Kier alpha value is -1.03. The van der Waals surface area contributed by atoms with Crippen LogP contribution in [0.5, 0.6) is 0 Å². The van der Waals surface area contributed by atoms with E-state index in [1.807, 2.05) is 6.92 Å². The number of esters is 1. The number of ether oxygens (including phenoxy) is 4. The van der Waals surface area contributed by atoms with Crippen LogP contribution < -0.4 is 0 Å². The van der Waals surface area contributed by atoms with Crippen LogP contribution >= 0.6 is 0 Å². The van der Waals surface area contributed by atoms with Crippen LogP contribution in [0.2, 0.25) is 0 Å². The second kappa shape index (κ2) is 9.52. The normalized spacial score (nSPS) is 54.5. The van der Waals surface area contributed by atoms with Crippen molar-refractivity contribution in [3.63, 3.8) is 0 Å². The summed E-state index contributed by atoms with van der Waals surface area (Å²) in [5.41, 5.74) is -0.440. The zero-order valence-electron chi connectivity index (χ0n) is 23.3. The molecule has 4 aliphatic carbocycles. The molecule has 6 rings (SSSR count). The average molecular weight is 535 g/mol. The van der Waals surface area contributed by atoms with E-state index in [-0.39, 0.29) is 54.4 Å². The lowest BCUT2D eigenvalue weighted by molar-refractivity contribution is -0.273. The summed E-state index contributed by atoms with van der Waals surface area (Å²) in [6, 6.07) is 0. The number of methoxy groups -OCH3 is 1. The first-order valence-corrected chi connectivity index (χ1v) is 14.8. The fourth-order valence-electron chi connectivity index (χ4n) is 10.1. The minimum absolute atomic E-state index is 0.121. The molecule has 0 amide bonds. The summed E-state index contributed by atoms with van der Waals surface area (Å²) in [6.07, 6.45) is 7.17. The second-order valence-corrected chi connectivity index (χ2v) is 13.8. The maximum atomic E-state index is 12.4. The number of rotatable bonds is 4. The Balaban J connectivity index is 1.16.